The normalized spacial score (nSPS) is 22.6. The summed E-state index contributed by atoms with van der Waals surface area (Å²) in [6.07, 6.45) is 1.21. The first-order valence-corrected chi connectivity index (χ1v) is 8.92. The first-order chi connectivity index (χ1) is 10.8. The first-order valence-electron chi connectivity index (χ1n) is 7.53. The second kappa shape index (κ2) is 6.86. The molecule has 8 heteroatoms. The Morgan fingerprint density at radius 1 is 1.30 bits per heavy atom. The number of aliphatic carboxylic acids is 1. The Hall–Kier alpha value is -1.64. The molecule has 2 atom stereocenters. The molecule has 0 saturated carbocycles. The van der Waals surface area contributed by atoms with Crippen LogP contribution in [-0.2, 0) is 21.4 Å². The van der Waals surface area contributed by atoms with Gasteiger partial charge in [0.05, 0.1) is 0 Å². The van der Waals surface area contributed by atoms with Crippen LogP contribution in [0.3, 0.4) is 0 Å². The molecule has 1 aromatic carbocycles. The highest BCUT2D eigenvalue weighted by molar-refractivity contribution is 7.86. The molecule has 23 heavy (non-hydrogen) atoms. The minimum absolute atomic E-state index is 0.138. The predicted molar refractivity (Wildman–Crippen MR) is 85.3 cm³/mol. The summed E-state index contributed by atoms with van der Waals surface area (Å²) in [6.45, 7) is 1.98. The molecule has 0 aliphatic carbocycles. The van der Waals surface area contributed by atoms with Gasteiger partial charge in [-0.2, -0.15) is 17.0 Å². The van der Waals surface area contributed by atoms with Crippen molar-refractivity contribution < 1.29 is 23.4 Å². The van der Waals surface area contributed by atoms with Gasteiger partial charge in [0.2, 0.25) is 0 Å². The summed E-state index contributed by atoms with van der Waals surface area (Å²) < 4.78 is 27.7. The van der Waals surface area contributed by atoms with Gasteiger partial charge in [0.15, 0.2) is 0 Å². The minimum Gasteiger partial charge on any atom is -0.508 e. The fourth-order valence-electron chi connectivity index (χ4n) is 2.86. The number of hydrogen-bond acceptors (Lipinski definition) is 4. The van der Waals surface area contributed by atoms with Crippen molar-refractivity contribution >= 4 is 16.2 Å². The van der Waals surface area contributed by atoms with E-state index in [-0.39, 0.29) is 12.3 Å². The number of carboxylic acid groups (broad SMARTS) is 1. The number of rotatable bonds is 6. The van der Waals surface area contributed by atoms with Crippen molar-refractivity contribution in [3.05, 3.63) is 29.8 Å². The van der Waals surface area contributed by atoms with Gasteiger partial charge in [0.1, 0.15) is 11.8 Å². The molecule has 7 nitrogen and oxygen atoms in total. The van der Waals surface area contributed by atoms with E-state index in [9.17, 15) is 23.4 Å². The zero-order chi connectivity index (χ0) is 17.2. The zero-order valence-corrected chi connectivity index (χ0v) is 14.0. The van der Waals surface area contributed by atoms with Gasteiger partial charge in [-0.1, -0.05) is 19.1 Å². The lowest BCUT2D eigenvalue weighted by atomic mass is 10.0. The van der Waals surface area contributed by atoms with E-state index in [2.05, 4.69) is 0 Å². The van der Waals surface area contributed by atoms with Crippen molar-refractivity contribution in [3.8, 4) is 5.75 Å². The molecule has 0 spiro atoms. The second-order valence-corrected chi connectivity index (χ2v) is 7.65. The van der Waals surface area contributed by atoms with E-state index in [1.165, 1.54) is 19.2 Å². The van der Waals surface area contributed by atoms with Crippen LogP contribution in [0.2, 0.25) is 0 Å². The molecule has 1 aliphatic heterocycles. The molecular formula is C15H22N2O5S. The van der Waals surface area contributed by atoms with Gasteiger partial charge in [-0.15, -0.1) is 0 Å². The Bertz CT molecular complexity index is 659. The average Bonchev–Trinajstić information content (AvgIpc) is 2.93. The lowest BCUT2D eigenvalue weighted by molar-refractivity contribution is -0.141. The van der Waals surface area contributed by atoms with Gasteiger partial charge >= 0.3 is 5.97 Å². The van der Waals surface area contributed by atoms with Gasteiger partial charge in [0.25, 0.3) is 10.2 Å². The number of phenolic OH excluding ortho intramolecular Hbond substituents is 1. The molecule has 0 bridgehead atoms. The second-order valence-electron chi connectivity index (χ2n) is 5.71. The van der Waals surface area contributed by atoms with Crippen LogP contribution in [-0.4, -0.2) is 58.9 Å². The van der Waals surface area contributed by atoms with E-state index in [0.717, 1.165) is 14.2 Å². The molecular weight excluding hydrogens is 320 g/mol. The molecule has 1 saturated heterocycles. The van der Waals surface area contributed by atoms with E-state index in [1.807, 2.05) is 0 Å². The van der Waals surface area contributed by atoms with Crippen LogP contribution in [0.15, 0.2) is 24.3 Å². The van der Waals surface area contributed by atoms with Gasteiger partial charge in [-0.3, -0.25) is 4.79 Å². The third-order valence-corrected chi connectivity index (χ3v) is 6.37. The fraction of sp³-hybridized carbons (Fsp3) is 0.533. The summed E-state index contributed by atoms with van der Waals surface area (Å²) in [5, 5.41) is 18.7. The highest BCUT2D eigenvalue weighted by Gasteiger charge is 2.46. The largest absolute Gasteiger partial charge is 0.508 e. The molecule has 1 fully saturated rings. The van der Waals surface area contributed by atoms with Crippen molar-refractivity contribution in [1.82, 2.24) is 8.61 Å². The van der Waals surface area contributed by atoms with Crippen LogP contribution in [0.1, 0.15) is 25.3 Å². The van der Waals surface area contributed by atoms with Crippen molar-refractivity contribution in [3.63, 3.8) is 0 Å². The number of aromatic hydroxyl groups is 1. The Morgan fingerprint density at radius 2 is 1.91 bits per heavy atom. The van der Waals surface area contributed by atoms with Crippen LogP contribution in [0.5, 0.6) is 5.75 Å². The van der Waals surface area contributed by atoms with E-state index < -0.39 is 28.3 Å². The minimum atomic E-state index is -3.82. The highest BCUT2D eigenvalue weighted by Crippen LogP contribution is 2.31. The van der Waals surface area contributed by atoms with Crippen LogP contribution >= 0.6 is 0 Å². The average molecular weight is 342 g/mol. The summed E-state index contributed by atoms with van der Waals surface area (Å²) in [5.74, 6) is -0.981. The number of hydrogen-bond donors (Lipinski definition) is 2. The number of carboxylic acids is 1. The van der Waals surface area contributed by atoms with E-state index in [1.54, 1.807) is 19.1 Å². The van der Waals surface area contributed by atoms with Crippen molar-refractivity contribution in [2.24, 2.45) is 0 Å². The lowest BCUT2D eigenvalue weighted by Gasteiger charge is -2.31. The van der Waals surface area contributed by atoms with Crippen LogP contribution in [0, 0.1) is 0 Å². The maximum absolute atomic E-state index is 12.7. The molecule has 0 amide bonds. The lowest BCUT2D eigenvalue weighted by Crippen LogP contribution is -2.51. The Kier molecular flexibility index (Phi) is 5.28. The highest BCUT2D eigenvalue weighted by atomic mass is 32.2. The summed E-state index contributed by atoms with van der Waals surface area (Å²) in [4.78, 5) is 11.5. The van der Waals surface area contributed by atoms with Crippen LogP contribution < -0.4 is 0 Å². The monoisotopic (exact) mass is 342 g/mol. The molecule has 1 heterocycles. The van der Waals surface area contributed by atoms with E-state index >= 15 is 0 Å². The SMILES string of the molecule is CCN(C)S(=O)(=O)N1C(Cc2ccc(O)cc2)CCC1C(=O)O. The number of nitrogens with zero attached hydrogens (tertiary/aromatic N) is 2. The quantitative estimate of drug-likeness (QED) is 0.805. The van der Waals surface area contributed by atoms with E-state index in [0.29, 0.717) is 19.3 Å². The summed E-state index contributed by atoms with van der Waals surface area (Å²) >= 11 is 0. The van der Waals surface area contributed by atoms with Crippen molar-refractivity contribution in [2.45, 2.75) is 38.3 Å². The van der Waals surface area contributed by atoms with E-state index in [4.69, 9.17) is 0 Å². The Balaban J connectivity index is 2.30. The predicted octanol–water partition coefficient (Wildman–Crippen LogP) is 1.05. The van der Waals surface area contributed by atoms with Crippen molar-refractivity contribution in [1.29, 1.82) is 0 Å². The third kappa shape index (κ3) is 3.65. The maximum atomic E-state index is 12.7. The maximum Gasteiger partial charge on any atom is 0.322 e. The van der Waals surface area contributed by atoms with Crippen LogP contribution in [0.25, 0.3) is 0 Å². The fourth-order valence-corrected chi connectivity index (χ4v) is 4.58. The van der Waals surface area contributed by atoms with Gasteiger partial charge in [0, 0.05) is 19.6 Å². The molecule has 1 aliphatic rings. The molecule has 0 radical (unpaired) electrons. The molecule has 128 valence electrons. The Morgan fingerprint density at radius 3 is 2.43 bits per heavy atom. The van der Waals surface area contributed by atoms with Crippen LogP contribution in [0.4, 0.5) is 0 Å². The standard InChI is InChI=1S/C15H22N2O5S/c1-3-16(2)23(21,22)17-12(6-9-14(17)15(19)20)10-11-4-7-13(18)8-5-11/h4-5,7-8,12,14,18H,3,6,9-10H2,1-2H3,(H,19,20). The summed E-state index contributed by atoms with van der Waals surface area (Å²) in [6, 6.07) is 5.08. The number of benzene rings is 1. The summed E-state index contributed by atoms with van der Waals surface area (Å²) in [5.41, 5.74) is 0.859. The number of carbonyl (C=O) groups is 1. The van der Waals surface area contributed by atoms with Gasteiger partial charge in [-0.25, -0.2) is 0 Å². The summed E-state index contributed by atoms with van der Waals surface area (Å²) in [7, 11) is -2.38. The molecule has 2 rings (SSSR count). The Labute approximate surface area is 136 Å². The zero-order valence-electron chi connectivity index (χ0n) is 13.2. The van der Waals surface area contributed by atoms with Crippen molar-refractivity contribution in [2.75, 3.05) is 13.6 Å². The van der Waals surface area contributed by atoms with Gasteiger partial charge < -0.3 is 10.2 Å². The topological polar surface area (TPSA) is 98.2 Å². The molecule has 2 N–H and O–H groups in total. The molecule has 0 aromatic heterocycles. The number of phenols is 1. The third-order valence-electron chi connectivity index (χ3n) is 4.24. The molecule has 2 unspecified atom stereocenters. The molecule has 1 aromatic rings. The van der Waals surface area contributed by atoms with Gasteiger partial charge in [-0.05, 0) is 37.0 Å². The smallest absolute Gasteiger partial charge is 0.322 e. The first kappa shape index (κ1) is 17.7.